The van der Waals surface area contributed by atoms with Gasteiger partial charge in [-0.3, -0.25) is 0 Å². The Bertz CT molecular complexity index is 2870. The van der Waals surface area contributed by atoms with Crippen molar-refractivity contribution < 1.29 is 18.9 Å². The number of ether oxygens (including phenoxy) is 4. The van der Waals surface area contributed by atoms with Crippen molar-refractivity contribution in [2.75, 3.05) is 26.4 Å². The Hall–Kier alpha value is -6.56. The molecule has 0 fully saturated rings. The molecule has 2 aliphatic rings. The van der Waals surface area contributed by atoms with Gasteiger partial charge in [-0.1, -0.05) is 155 Å². The maximum absolute atomic E-state index is 6.69. The fraction of sp³-hybridized carbons (Fsp3) is 0.429. The maximum Gasteiger partial charge on any atom is 0.168 e. The summed E-state index contributed by atoms with van der Waals surface area (Å²) < 4.78 is 26.7. The van der Waals surface area contributed by atoms with Crippen molar-refractivity contribution >= 4 is 44.1 Å². The first-order chi connectivity index (χ1) is 33.3. The molecule has 8 bridgehead atoms. The summed E-state index contributed by atoms with van der Waals surface area (Å²) in [4.78, 5) is 39.3. The van der Waals surface area contributed by atoms with Gasteiger partial charge in [-0.05, 0) is 47.9 Å². The van der Waals surface area contributed by atoms with E-state index in [1.165, 1.54) is 0 Å². The van der Waals surface area contributed by atoms with E-state index in [0.717, 1.165) is 107 Å². The van der Waals surface area contributed by atoms with Crippen molar-refractivity contribution in [2.24, 2.45) is 23.7 Å². The molecule has 0 aliphatic carbocycles. The largest absolute Gasteiger partial charge is 0.493 e. The molecule has 9 rings (SSSR count). The monoisotopic (exact) mass is 915 g/mol. The Balaban J connectivity index is 1.38. The second kappa shape index (κ2) is 20.8. The van der Waals surface area contributed by atoms with Crippen molar-refractivity contribution in [1.82, 2.24) is 39.9 Å². The van der Waals surface area contributed by atoms with Crippen molar-refractivity contribution in [3.05, 3.63) is 72.8 Å². The van der Waals surface area contributed by atoms with Crippen molar-refractivity contribution in [3.63, 3.8) is 0 Å². The molecule has 0 atom stereocenters. The number of fused-ring (bicyclic) bond motifs is 20. The lowest BCUT2D eigenvalue weighted by Gasteiger charge is -2.15. The maximum atomic E-state index is 6.69. The van der Waals surface area contributed by atoms with Gasteiger partial charge in [0.2, 0.25) is 0 Å². The number of nitrogens with one attached hydrogen (secondary N) is 2. The van der Waals surface area contributed by atoms with E-state index in [4.69, 9.17) is 48.9 Å². The molecule has 12 heteroatoms. The molecule has 0 radical (unpaired) electrons. The van der Waals surface area contributed by atoms with Gasteiger partial charge in [0, 0.05) is 21.9 Å². The number of nitrogens with zero attached hydrogens (tertiary/aromatic N) is 6. The smallest absolute Gasteiger partial charge is 0.168 e. The van der Waals surface area contributed by atoms with Crippen molar-refractivity contribution in [1.29, 1.82) is 0 Å². The first-order valence-corrected chi connectivity index (χ1v) is 25.2. The normalized spacial score (nSPS) is 12.2. The van der Waals surface area contributed by atoms with Crippen LogP contribution in [0.3, 0.4) is 0 Å². The van der Waals surface area contributed by atoms with Gasteiger partial charge in [-0.15, -0.1) is 0 Å². The topological polar surface area (TPSA) is 146 Å². The fourth-order valence-electron chi connectivity index (χ4n) is 9.27. The highest BCUT2D eigenvalue weighted by molar-refractivity contribution is 6.10. The van der Waals surface area contributed by atoms with Crippen LogP contribution in [0.2, 0.25) is 0 Å². The number of hydrogen-bond donors (Lipinski definition) is 2. The van der Waals surface area contributed by atoms with Gasteiger partial charge in [-0.2, -0.15) is 0 Å². The number of rotatable bonds is 20. The SMILES string of the molecule is CCC(CC)COc1cccc2c1-c1nc-2nc2[nH]c(nc3nc(nc4[nH]c(n1)c1cccc(OCC(CC)CC)c41)-c1cccc(OCC(CC)CC)c1-3)c1cccc(OCC(CC)CC)c21. The predicted octanol–water partition coefficient (Wildman–Crippen LogP) is 14.1. The minimum Gasteiger partial charge on any atom is -0.493 e. The molecule has 4 aromatic carbocycles. The predicted molar refractivity (Wildman–Crippen MR) is 274 cm³/mol. The molecule has 2 N–H and O–H groups in total. The number of aromatic amines is 2. The third kappa shape index (κ3) is 9.09. The fourth-order valence-corrected chi connectivity index (χ4v) is 9.27. The molecular weight excluding hydrogens is 849 g/mol. The third-order valence-electron chi connectivity index (χ3n) is 14.3. The second-order valence-corrected chi connectivity index (χ2v) is 18.3. The highest BCUT2D eigenvalue weighted by Crippen LogP contribution is 2.44. The summed E-state index contributed by atoms with van der Waals surface area (Å²) in [5.41, 5.74) is 5.49. The summed E-state index contributed by atoms with van der Waals surface area (Å²) in [5.74, 6) is 6.42. The van der Waals surface area contributed by atoms with Gasteiger partial charge in [0.05, 0.1) is 48.3 Å². The van der Waals surface area contributed by atoms with Crippen molar-refractivity contribution in [3.8, 4) is 68.5 Å². The van der Waals surface area contributed by atoms with Crippen LogP contribution >= 0.6 is 0 Å². The molecule has 0 spiro atoms. The summed E-state index contributed by atoms with van der Waals surface area (Å²) in [5, 5.41) is 3.30. The Morgan fingerprint density at radius 1 is 0.353 bits per heavy atom. The highest BCUT2D eigenvalue weighted by atomic mass is 16.5. The molecule has 68 heavy (non-hydrogen) atoms. The number of aromatic nitrogens is 8. The molecule has 3 aromatic heterocycles. The summed E-state index contributed by atoms with van der Waals surface area (Å²) in [7, 11) is 0. The third-order valence-corrected chi connectivity index (χ3v) is 14.3. The first-order valence-electron chi connectivity index (χ1n) is 25.2. The zero-order valence-electron chi connectivity index (χ0n) is 41.0. The van der Waals surface area contributed by atoms with Gasteiger partial charge >= 0.3 is 0 Å². The van der Waals surface area contributed by atoms with Gasteiger partial charge in [0.1, 0.15) is 45.6 Å². The van der Waals surface area contributed by atoms with E-state index in [2.05, 4.69) is 77.5 Å². The van der Waals surface area contributed by atoms with E-state index in [9.17, 15) is 0 Å². The summed E-state index contributed by atoms with van der Waals surface area (Å²) in [6, 6.07) is 24.3. The zero-order valence-corrected chi connectivity index (χ0v) is 41.0. The second-order valence-electron chi connectivity index (χ2n) is 18.3. The Morgan fingerprint density at radius 3 is 1.01 bits per heavy atom. The molecule has 5 heterocycles. The Labute approximate surface area is 399 Å². The lowest BCUT2D eigenvalue weighted by Crippen LogP contribution is -2.10. The van der Waals surface area contributed by atoms with E-state index in [-0.39, 0.29) is 0 Å². The standard InChI is InChI=1S/C56H66N8O4/c1-9-33(10-2)29-65-41-25-17-21-37-45(41)53-57-49(37)62-54-47-39(23-19-27-43(47)67-31-35(13-5)14-6)51(59-54)64-56-48-40(24-20-28-44(48)68-32-36(15-7)16-8)52(60-56)63-55-46-38(50(58-55)61-53)22-18-26-42(46)66-30-34(11-3)12-4/h17-28,33-36H,9-16,29-32H2,1-8H3,(H2,57,58,59,60,61,62,63,64). The summed E-state index contributed by atoms with van der Waals surface area (Å²) in [6.07, 6.45) is 8.13. The van der Waals surface area contributed by atoms with Gasteiger partial charge in [-0.25, -0.2) is 29.9 Å². The Morgan fingerprint density at radius 2 is 0.662 bits per heavy atom. The zero-order chi connectivity index (χ0) is 47.3. The highest BCUT2D eigenvalue weighted by Gasteiger charge is 2.28. The molecule has 7 aromatic rings. The number of benzene rings is 4. The summed E-state index contributed by atoms with van der Waals surface area (Å²) >= 11 is 0. The van der Waals surface area contributed by atoms with Crippen LogP contribution in [0, 0.1) is 23.7 Å². The van der Waals surface area contributed by atoms with Gasteiger partial charge in [0.15, 0.2) is 23.3 Å². The van der Waals surface area contributed by atoms with Gasteiger partial charge < -0.3 is 28.9 Å². The van der Waals surface area contributed by atoms with E-state index in [0.29, 0.717) is 107 Å². The minimum atomic E-state index is 0.404. The number of H-pyrrole nitrogens is 2. The van der Waals surface area contributed by atoms with Crippen LogP contribution in [0.5, 0.6) is 23.0 Å². The first kappa shape index (κ1) is 46.5. The van der Waals surface area contributed by atoms with Gasteiger partial charge in [0.25, 0.3) is 0 Å². The average molecular weight is 915 g/mol. The lowest BCUT2D eigenvalue weighted by molar-refractivity contribution is 0.241. The van der Waals surface area contributed by atoms with Crippen LogP contribution in [0.4, 0.5) is 0 Å². The lowest BCUT2D eigenvalue weighted by atomic mass is 10.0. The van der Waals surface area contributed by atoms with E-state index in [1.807, 2.05) is 60.7 Å². The molecule has 12 nitrogen and oxygen atoms in total. The molecule has 354 valence electrons. The van der Waals surface area contributed by atoms with Crippen LogP contribution in [0.1, 0.15) is 107 Å². The van der Waals surface area contributed by atoms with Crippen molar-refractivity contribution in [2.45, 2.75) is 107 Å². The van der Waals surface area contributed by atoms with Crippen LogP contribution < -0.4 is 18.9 Å². The molecule has 0 unspecified atom stereocenters. The average Bonchev–Trinajstić information content (AvgIpc) is 4.12. The van der Waals surface area contributed by atoms with Crippen LogP contribution in [-0.2, 0) is 0 Å². The van der Waals surface area contributed by atoms with Crippen LogP contribution in [0.25, 0.3) is 89.7 Å². The molecule has 0 saturated carbocycles. The molecular formula is C56H66N8O4. The molecule has 0 saturated heterocycles. The van der Waals surface area contributed by atoms with E-state index < -0.39 is 0 Å². The van der Waals surface area contributed by atoms with E-state index >= 15 is 0 Å². The molecule has 2 aliphatic heterocycles. The minimum absolute atomic E-state index is 0.404. The molecule has 0 amide bonds. The Kier molecular flexibility index (Phi) is 14.2. The van der Waals surface area contributed by atoms with E-state index in [1.54, 1.807) is 0 Å². The quantitative estimate of drug-likeness (QED) is 0.0757. The summed E-state index contributed by atoms with van der Waals surface area (Å²) in [6.45, 7) is 20.0. The van der Waals surface area contributed by atoms with Crippen LogP contribution in [-0.4, -0.2) is 66.3 Å². The van der Waals surface area contributed by atoms with Crippen LogP contribution in [0.15, 0.2) is 72.8 Å². The number of hydrogen-bond acceptors (Lipinski definition) is 10.